The Bertz CT molecular complexity index is 479. The number of hydrogen-bond acceptors (Lipinski definition) is 5. The summed E-state index contributed by atoms with van der Waals surface area (Å²) >= 11 is 0. The molecule has 0 heterocycles. The van der Waals surface area contributed by atoms with Crippen LogP contribution in [0.3, 0.4) is 0 Å². The third-order valence-electron chi connectivity index (χ3n) is 2.18. The van der Waals surface area contributed by atoms with E-state index >= 15 is 0 Å². The molecule has 1 aromatic rings. The van der Waals surface area contributed by atoms with Crippen molar-refractivity contribution < 1.29 is 13.2 Å². The zero-order valence-electron chi connectivity index (χ0n) is 9.10. The van der Waals surface area contributed by atoms with Gasteiger partial charge in [0.15, 0.2) is 11.2 Å². The lowest BCUT2D eigenvalue weighted by atomic mass is 10.2. The topological polar surface area (TPSA) is 89.3 Å². The van der Waals surface area contributed by atoms with Crippen LogP contribution in [-0.2, 0) is 14.6 Å². The van der Waals surface area contributed by atoms with Gasteiger partial charge in [0.1, 0.15) is 0 Å². The molecule has 3 N–H and O–H groups in total. The van der Waals surface area contributed by atoms with E-state index in [1.165, 1.54) is 19.1 Å². The van der Waals surface area contributed by atoms with E-state index in [1.807, 2.05) is 12.3 Å². The van der Waals surface area contributed by atoms with E-state index in [9.17, 15) is 13.2 Å². The SMILES string of the molecule is CC(=O)C(NN)S(=O)(=O)c1ccc(C)cc1. The van der Waals surface area contributed by atoms with Gasteiger partial charge in [0.05, 0.1) is 4.90 Å². The molecule has 0 aliphatic rings. The summed E-state index contributed by atoms with van der Waals surface area (Å²) in [6, 6.07) is 6.25. The highest BCUT2D eigenvalue weighted by molar-refractivity contribution is 7.92. The van der Waals surface area contributed by atoms with Crippen LogP contribution >= 0.6 is 0 Å². The van der Waals surface area contributed by atoms with Crippen molar-refractivity contribution in [1.29, 1.82) is 0 Å². The number of benzene rings is 1. The zero-order chi connectivity index (χ0) is 12.3. The third-order valence-corrected chi connectivity index (χ3v) is 4.20. The molecule has 0 aliphatic heterocycles. The van der Waals surface area contributed by atoms with Crippen LogP contribution in [0.2, 0.25) is 0 Å². The minimum Gasteiger partial charge on any atom is -0.297 e. The van der Waals surface area contributed by atoms with E-state index in [2.05, 4.69) is 0 Å². The average molecular weight is 242 g/mol. The fourth-order valence-corrected chi connectivity index (χ4v) is 2.69. The molecule has 6 heteroatoms. The Morgan fingerprint density at radius 1 is 1.31 bits per heavy atom. The molecule has 0 bridgehead atoms. The number of nitrogens with one attached hydrogen (secondary N) is 1. The van der Waals surface area contributed by atoms with Crippen molar-refractivity contribution in [3.63, 3.8) is 0 Å². The number of Topliss-reactive ketones (excluding diaryl/α,β-unsaturated/α-hetero) is 1. The lowest BCUT2D eigenvalue weighted by Crippen LogP contribution is -2.46. The molecule has 1 atom stereocenters. The van der Waals surface area contributed by atoms with Crippen molar-refractivity contribution in [2.45, 2.75) is 24.1 Å². The fourth-order valence-electron chi connectivity index (χ4n) is 1.29. The van der Waals surface area contributed by atoms with Gasteiger partial charge in [-0.05, 0) is 26.0 Å². The van der Waals surface area contributed by atoms with Gasteiger partial charge in [-0.3, -0.25) is 10.6 Å². The number of rotatable bonds is 4. The molecule has 1 rings (SSSR count). The molecule has 0 fully saturated rings. The first-order valence-electron chi connectivity index (χ1n) is 4.66. The molecule has 0 saturated carbocycles. The standard InChI is InChI=1S/C10H14N2O3S/c1-7-3-5-9(6-4-7)16(14,15)10(12-11)8(2)13/h3-6,10,12H,11H2,1-2H3. The van der Waals surface area contributed by atoms with Crippen molar-refractivity contribution in [2.75, 3.05) is 0 Å². The Morgan fingerprint density at radius 3 is 2.19 bits per heavy atom. The minimum absolute atomic E-state index is 0.0799. The average Bonchev–Trinajstić information content (AvgIpc) is 2.18. The highest BCUT2D eigenvalue weighted by Crippen LogP contribution is 2.15. The summed E-state index contributed by atoms with van der Waals surface area (Å²) < 4.78 is 23.9. The number of sulfone groups is 1. The van der Waals surface area contributed by atoms with Crippen LogP contribution in [0.1, 0.15) is 12.5 Å². The van der Waals surface area contributed by atoms with Gasteiger partial charge < -0.3 is 0 Å². The van der Waals surface area contributed by atoms with Crippen molar-refractivity contribution in [1.82, 2.24) is 5.43 Å². The summed E-state index contributed by atoms with van der Waals surface area (Å²) in [5.41, 5.74) is 2.96. The molecule has 16 heavy (non-hydrogen) atoms. The van der Waals surface area contributed by atoms with Crippen molar-refractivity contribution in [3.05, 3.63) is 29.8 Å². The number of hydrazine groups is 1. The van der Waals surface area contributed by atoms with Crippen LogP contribution < -0.4 is 11.3 Å². The van der Waals surface area contributed by atoms with Crippen LogP contribution in [-0.4, -0.2) is 19.6 Å². The maximum atomic E-state index is 12.0. The molecule has 1 unspecified atom stereocenters. The first-order chi connectivity index (χ1) is 7.39. The largest absolute Gasteiger partial charge is 0.297 e. The van der Waals surface area contributed by atoms with Gasteiger partial charge in [0.25, 0.3) is 0 Å². The number of hydrogen-bond donors (Lipinski definition) is 2. The van der Waals surface area contributed by atoms with Gasteiger partial charge in [-0.2, -0.15) is 0 Å². The summed E-state index contributed by atoms with van der Waals surface area (Å²) in [6.07, 6.45) is 0. The number of aryl methyl sites for hydroxylation is 1. The highest BCUT2D eigenvalue weighted by atomic mass is 32.2. The Morgan fingerprint density at radius 2 is 1.81 bits per heavy atom. The highest BCUT2D eigenvalue weighted by Gasteiger charge is 2.30. The molecular weight excluding hydrogens is 228 g/mol. The number of nitrogens with two attached hydrogens (primary N) is 1. The van der Waals surface area contributed by atoms with Gasteiger partial charge in [-0.15, -0.1) is 0 Å². The Hall–Kier alpha value is -1.24. The van der Waals surface area contributed by atoms with Crippen molar-refractivity contribution in [2.24, 2.45) is 5.84 Å². The lowest BCUT2D eigenvalue weighted by Gasteiger charge is -2.13. The molecule has 0 aliphatic carbocycles. The van der Waals surface area contributed by atoms with E-state index in [4.69, 9.17) is 5.84 Å². The Kier molecular flexibility index (Phi) is 3.79. The van der Waals surface area contributed by atoms with Crippen LogP contribution in [0.5, 0.6) is 0 Å². The molecule has 0 saturated heterocycles. The fraction of sp³-hybridized carbons (Fsp3) is 0.300. The van der Waals surface area contributed by atoms with Gasteiger partial charge in [-0.1, -0.05) is 17.7 Å². The predicted molar refractivity (Wildman–Crippen MR) is 60.2 cm³/mol. The summed E-state index contributed by atoms with van der Waals surface area (Å²) in [7, 11) is -3.75. The molecule has 0 spiro atoms. The normalized spacial score (nSPS) is 13.4. The first kappa shape index (κ1) is 12.8. The van der Waals surface area contributed by atoms with Crippen molar-refractivity contribution in [3.8, 4) is 0 Å². The number of carbonyl (C=O) groups excluding carboxylic acids is 1. The van der Waals surface area contributed by atoms with Crippen molar-refractivity contribution >= 4 is 15.6 Å². The molecule has 5 nitrogen and oxygen atoms in total. The molecule has 0 radical (unpaired) electrons. The van der Waals surface area contributed by atoms with Crippen LogP contribution in [0, 0.1) is 6.92 Å². The third kappa shape index (κ3) is 2.46. The number of ketones is 1. The molecule has 88 valence electrons. The lowest BCUT2D eigenvalue weighted by molar-refractivity contribution is -0.117. The van der Waals surface area contributed by atoms with E-state index in [1.54, 1.807) is 12.1 Å². The van der Waals surface area contributed by atoms with Gasteiger partial charge in [0, 0.05) is 0 Å². The van der Waals surface area contributed by atoms with Gasteiger partial charge in [0.2, 0.25) is 9.84 Å². The molecular formula is C10H14N2O3S. The Labute approximate surface area is 94.5 Å². The summed E-state index contributed by atoms with van der Waals surface area (Å²) in [4.78, 5) is 11.2. The molecule has 1 aromatic carbocycles. The quantitative estimate of drug-likeness (QED) is 0.579. The maximum Gasteiger partial charge on any atom is 0.202 e. The zero-order valence-corrected chi connectivity index (χ0v) is 9.91. The van der Waals surface area contributed by atoms with Crippen LogP contribution in [0.15, 0.2) is 29.2 Å². The summed E-state index contributed by atoms with van der Waals surface area (Å²) in [5.74, 6) is 4.54. The van der Waals surface area contributed by atoms with E-state index < -0.39 is 21.0 Å². The van der Waals surface area contributed by atoms with E-state index in [0.717, 1.165) is 5.56 Å². The first-order valence-corrected chi connectivity index (χ1v) is 6.21. The van der Waals surface area contributed by atoms with E-state index in [0.29, 0.717) is 0 Å². The van der Waals surface area contributed by atoms with Crippen LogP contribution in [0.4, 0.5) is 0 Å². The van der Waals surface area contributed by atoms with Gasteiger partial charge >= 0.3 is 0 Å². The monoisotopic (exact) mass is 242 g/mol. The molecule has 0 amide bonds. The second-order valence-corrected chi connectivity index (χ2v) is 5.55. The van der Waals surface area contributed by atoms with E-state index in [-0.39, 0.29) is 4.90 Å². The van der Waals surface area contributed by atoms with Gasteiger partial charge in [-0.25, -0.2) is 13.8 Å². The summed E-state index contributed by atoms with van der Waals surface area (Å²) in [6.45, 7) is 3.02. The second kappa shape index (κ2) is 4.73. The predicted octanol–water partition coefficient (Wildman–Crippen LogP) is 0.147. The number of carbonyl (C=O) groups is 1. The summed E-state index contributed by atoms with van der Waals surface area (Å²) in [5, 5.41) is -1.39. The Balaban J connectivity index is 3.20. The molecule has 0 aromatic heterocycles. The smallest absolute Gasteiger partial charge is 0.202 e. The maximum absolute atomic E-state index is 12.0. The second-order valence-electron chi connectivity index (χ2n) is 3.52. The minimum atomic E-state index is -3.75. The van der Waals surface area contributed by atoms with Crippen LogP contribution in [0.25, 0.3) is 0 Å².